The van der Waals surface area contributed by atoms with E-state index in [1.807, 2.05) is 6.92 Å². The van der Waals surface area contributed by atoms with Gasteiger partial charge in [0.1, 0.15) is 17.3 Å². The van der Waals surface area contributed by atoms with Gasteiger partial charge in [-0.15, -0.1) is 0 Å². The molecule has 0 amide bonds. The Labute approximate surface area is 139 Å². The highest BCUT2D eigenvalue weighted by molar-refractivity contribution is 9.11. The number of aromatic nitrogens is 1. The number of hydrogen-bond acceptors (Lipinski definition) is 4. The fraction of sp³-hybridized carbons (Fsp3) is 0.143. The Morgan fingerprint density at radius 3 is 2.48 bits per heavy atom. The van der Waals surface area contributed by atoms with Gasteiger partial charge in [0.25, 0.3) is 0 Å². The predicted molar refractivity (Wildman–Crippen MR) is 88.5 cm³/mol. The Balaban J connectivity index is 2.46. The maximum Gasteiger partial charge on any atom is 0.230 e. The summed E-state index contributed by atoms with van der Waals surface area (Å²) < 4.78 is 12.5. The Morgan fingerprint density at radius 1 is 1.24 bits per heavy atom. The summed E-state index contributed by atoms with van der Waals surface area (Å²) in [4.78, 5) is 4.16. The Bertz CT molecular complexity index is 705. The lowest BCUT2D eigenvalue weighted by molar-refractivity contribution is 0.408. The van der Waals surface area contributed by atoms with E-state index in [0.717, 1.165) is 10.0 Å². The highest BCUT2D eigenvalue weighted by Gasteiger charge is 2.15. The second-order valence-corrected chi connectivity index (χ2v) is 5.95. The lowest BCUT2D eigenvalue weighted by atomic mass is 10.1. The van der Waals surface area contributed by atoms with Crippen LogP contribution in [0.3, 0.4) is 0 Å². The minimum Gasteiger partial charge on any atom is -0.496 e. The molecule has 110 valence electrons. The Hall–Kier alpha value is -1.60. The van der Waals surface area contributed by atoms with Gasteiger partial charge in [0.05, 0.1) is 21.6 Å². The molecule has 0 fully saturated rings. The first-order chi connectivity index (χ1) is 9.93. The number of ether oxygens (including phenoxy) is 2. The number of nitrogens with zero attached hydrogens (tertiary/aromatic N) is 1. The van der Waals surface area contributed by atoms with Gasteiger partial charge in [-0.3, -0.25) is 5.41 Å². The highest BCUT2D eigenvalue weighted by Crippen LogP contribution is 2.38. The summed E-state index contributed by atoms with van der Waals surface area (Å²) >= 11 is 6.82. The zero-order valence-electron chi connectivity index (χ0n) is 11.4. The molecule has 0 aliphatic heterocycles. The van der Waals surface area contributed by atoms with Gasteiger partial charge >= 0.3 is 0 Å². The smallest absolute Gasteiger partial charge is 0.230 e. The van der Waals surface area contributed by atoms with E-state index < -0.39 is 0 Å². The van der Waals surface area contributed by atoms with Crippen LogP contribution in [0, 0.1) is 12.3 Å². The van der Waals surface area contributed by atoms with E-state index in [2.05, 4.69) is 36.8 Å². The normalized spacial score (nSPS) is 10.3. The summed E-state index contributed by atoms with van der Waals surface area (Å²) in [5.74, 6) is 1.43. The molecule has 2 aromatic rings. The maximum atomic E-state index is 7.66. The van der Waals surface area contributed by atoms with Crippen LogP contribution < -0.4 is 15.2 Å². The highest BCUT2D eigenvalue weighted by atomic mass is 79.9. The van der Waals surface area contributed by atoms with Crippen molar-refractivity contribution in [3.05, 3.63) is 44.5 Å². The zero-order chi connectivity index (χ0) is 15.6. The van der Waals surface area contributed by atoms with E-state index >= 15 is 0 Å². The SMILES string of the molecule is COc1cc(Br)c(Oc2nccc(C)c2C(=N)N)cc1Br. The second kappa shape index (κ2) is 6.44. The third-order valence-corrected chi connectivity index (χ3v) is 4.05. The van der Waals surface area contributed by atoms with Gasteiger partial charge in [-0.05, 0) is 62.5 Å². The number of pyridine rings is 1. The molecule has 7 heteroatoms. The molecular weight excluding hydrogens is 402 g/mol. The van der Waals surface area contributed by atoms with Crippen molar-refractivity contribution in [2.24, 2.45) is 5.73 Å². The van der Waals surface area contributed by atoms with Gasteiger partial charge in [-0.1, -0.05) is 0 Å². The quantitative estimate of drug-likeness (QED) is 0.585. The van der Waals surface area contributed by atoms with Crippen LogP contribution in [0.15, 0.2) is 33.3 Å². The van der Waals surface area contributed by atoms with Crippen molar-refractivity contribution in [3.63, 3.8) is 0 Å². The molecule has 0 spiro atoms. The summed E-state index contributed by atoms with van der Waals surface area (Å²) in [7, 11) is 1.59. The van der Waals surface area contributed by atoms with Gasteiger partial charge < -0.3 is 15.2 Å². The van der Waals surface area contributed by atoms with E-state index in [1.54, 1.807) is 31.5 Å². The molecular formula is C14H13Br2N3O2. The van der Waals surface area contributed by atoms with Crippen LogP contribution in [0.5, 0.6) is 17.4 Å². The molecule has 0 atom stereocenters. The van der Waals surface area contributed by atoms with E-state index in [-0.39, 0.29) is 5.84 Å². The van der Waals surface area contributed by atoms with Crippen LogP contribution in [0.25, 0.3) is 0 Å². The lowest BCUT2D eigenvalue weighted by Gasteiger charge is -2.13. The maximum absolute atomic E-state index is 7.66. The minimum atomic E-state index is -0.0840. The zero-order valence-corrected chi connectivity index (χ0v) is 14.6. The molecule has 0 bridgehead atoms. The molecule has 2 rings (SSSR count). The number of aryl methyl sites for hydroxylation is 1. The van der Waals surface area contributed by atoms with Gasteiger partial charge in [-0.2, -0.15) is 0 Å². The molecule has 0 radical (unpaired) electrons. The van der Waals surface area contributed by atoms with Gasteiger partial charge in [0.15, 0.2) is 0 Å². The molecule has 0 unspecified atom stereocenters. The largest absolute Gasteiger partial charge is 0.496 e. The summed E-state index contributed by atoms with van der Waals surface area (Å²) in [6, 6.07) is 5.32. The first kappa shape index (κ1) is 15.8. The molecule has 0 aliphatic carbocycles. The van der Waals surface area contributed by atoms with E-state index in [4.69, 9.17) is 20.6 Å². The van der Waals surface area contributed by atoms with Crippen molar-refractivity contribution in [2.75, 3.05) is 7.11 Å². The van der Waals surface area contributed by atoms with E-state index in [1.165, 1.54) is 0 Å². The number of nitrogen functional groups attached to an aromatic ring is 1. The van der Waals surface area contributed by atoms with Crippen molar-refractivity contribution >= 4 is 37.7 Å². The van der Waals surface area contributed by atoms with Crippen LogP contribution >= 0.6 is 31.9 Å². The standard InChI is InChI=1S/C14H13Br2N3O2/c1-7-3-4-19-14(12(7)13(17)18)21-11-6-8(15)10(20-2)5-9(11)16/h3-6H,1-2H3,(H3,17,18). The van der Waals surface area contributed by atoms with E-state index in [0.29, 0.717) is 27.4 Å². The van der Waals surface area contributed by atoms with Crippen LogP contribution in [0.2, 0.25) is 0 Å². The number of nitrogens with two attached hydrogens (primary N) is 1. The molecule has 0 saturated heterocycles. The number of hydrogen-bond donors (Lipinski definition) is 2. The minimum absolute atomic E-state index is 0.0840. The number of rotatable bonds is 4. The number of methoxy groups -OCH3 is 1. The van der Waals surface area contributed by atoms with Crippen molar-refractivity contribution in [1.82, 2.24) is 4.98 Å². The molecule has 1 aromatic heterocycles. The molecule has 3 N–H and O–H groups in total. The predicted octanol–water partition coefficient (Wildman–Crippen LogP) is 4.00. The third kappa shape index (κ3) is 3.36. The van der Waals surface area contributed by atoms with Gasteiger partial charge in [0.2, 0.25) is 5.88 Å². The van der Waals surface area contributed by atoms with Crippen LogP contribution in [-0.2, 0) is 0 Å². The number of benzene rings is 1. The van der Waals surface area contributed by atoms with Crippen LogP contribution in [0.1, 0.15) is 11.1 Å². The Morgan fingerprint density at radius 2 is 1.86 bits per heavy atom. The van der Waals surface area contributed by atoms with E-state index in [9.17, 15) is 0 Å². The average Bonchev–Trinajstić information content (AvgIpc) is 2.42. The molecule has 1 heterocycles. The van der Waals surface area contributed by atoms with Crippen LogP contribution in [0.4, 0.5) is 0 Å². The van der Waals surface area contributed by atoms with Crippen molar-refractivity contribution in [1.29, 1.82) is 5.41 Å². The summed E-state index contributed by atoms with van der Waals surface area (Å²) in [5.41, 5.74) is 6.92. The van der Waals surface area contributed by atoms with Gasteiger partial charge in [0, 0.05) is 6.20 Å². The summed E-state index contributed by atoms with van der Waals surface area (Å²) in [5, 5.41) is 7.66. The summed E-state index contributed by atoms with van der Waals surface area (Å²) in [6.45, 7) is 1.85. The Kier molecular flexibility index (Phi) is 4.84. The molecule has 0 saturated carbocycles. The fourth-order valence-corrected chi connectivity index (χ4v) is 2.68. The molecule has 5 nitrogen and oxygen atoms in total. The number of nitrogens with one attached hydrogen (secondary N) is 1. The molecule has 21 heavy (non-hydrogen) atoms. The fourth-order valence-electron chi connectivity index (χ4n) is 1.79. The molecule has 1 aromatic carbocycles. The third-order valence-electron chi connectivity index (χ3n) is 2.81. The molecule has 0 aliphatic rings. The first-order valence-corrected chi connectivity index (χ1v) is 7.53. The number of halogens is 2. The summed E-state index contributed by atoms with van der Waals surface area (Å²) in [6.07, 6.45) is 1.61. The van der Waals surface area contributed by atoms with Crippen LogP contribution in [-0.4, -0.2) is 17.9 Å². The van der Waals surface area contributed by atoms with Crippen molar-refractivity contribution in [3.8, 4) is 17.4 Å². The lowest BCUT2D eigenvalue weighted by Crippen LogP contribution is -2.15. The monoisotopic (exact) mass is 413 g/mol. The number of amidine groups is 1. The average molecular weight is 415 g/mol. The second-order valence-electron chi connectivity index (χ2n) is 4.24. The van der Waals surface area contributed by atoms with Crippen molar-refractivity contribution < 1.29 is 9.47 Å². The first-order valence-electron chi connectivity index (χ1n) is 5.95. The topological polar surface area (TPSA) is 81.2 Å². The van der Waals surface area contributed by atoms with Gasteiger partial charge in [-0.25, -0.2) is 4.98 Å². The van der Waals surface area contributed by atoms with Crippen molar-refractivity contribution in [2.45, 2.75) is 6.92 Å².